The predicted molar refractivity (Wildman–Crippen MR) is 102 cm³/mol. The van der Waals surface area contributed by atoms with Gasteiger partial charge in [-0.05, 0) is 37.6 Å². The zero-order valence-electron chi connectivity index (χ0n) is 16.3. The highest BCUT2D eigenvalue weighted by Crippen LogP contribution is 2.41. The van der Waals surface area contributed by atoms with Crippen LogP contribution in [0.4, 0.5) is 22.0 Å². The van der Waals surface area contributed by atoms with Gasteiger partial charge in [-0.3, -0.25) is 4.99 Å². The van der Waals surface area contributed by atoms with E-state index >= 15 is 0 Å². The molecule has 3 rings (SSSR count). The molecule has 1 aromatic carbocycles. The maximum atomic E-state index is 14.5. The summed E-state index contributed by atoms with van der Waals surface area (Å²) >= 11 is 0. The highest BCUT2D eigenvalue weighted by atomic mass is 19.4. The van der Waals surface area contributed by atoms with Crippen molar-refractivity contribution in [1.82, 2.24) is 9.97 Å². The van der Waals surface area contributed by atoms with E-state index in [1.165, 1.54) is 19.1 Å². The van der Waals surface area contributed by atoms with Gasteiger partial charge in [0.25, 0.3) is 0 Å². The molecule has 2 aromatic rings. The lowest BCUT2D eigenvalue weighted by Gasteiger charge is -2.41. The van der Waals surface area contributed by atoms with Gasteiger partial charge in [-0.1, -0.05) is 6.07 Å². The minimum absolute atomic E-state index is 0.00662. The number of aromatic nitrogens is 2. The number of ether oxygens (including phenoxy) is 1. The first-order valence-electron chi connectivity index (χ1n) is 8.86. The molecule has 1 aliphatic heterocycles. The van der Waals surface area contributed by atoms with E-state index in [9.17, 15) is 22.0 Å². The van der Waals surface area contributed by atoms with E-state index in [1.54, 1.807) is 6.07 Å². The molecule has 0 fully saturated rings. The minimum Gasteiger partial charge on any atom is -0.385 e. The standard InChI is InChI=1S/C20H16F5N5O/c1-18(10-31-19(2,17(27)30-18)20(23,24)25)13-5-11(3-4-14(13)21)6-15(22)16-9-28-12(7-26)8-29-16/h3-6,8-9H,10H2,1-2H3,(H2,27,30)/b15-6-/t18-,19+/m0/s1. The number of aliphatic imine (C=N–C) groups is 1. The van der Waals surface area contributed by atoms with Crippen molar-refractivity contribution < 1.29 is 26.7 Å². The maximum absolute atomic E-state index is 14.5. The van der Waals surface area contributed by atoms with E-state index in [-0.39, 0.29) is 22.5 Å². The fourth-order valence-corrected chi connectivity index (χ4v) is 2.90. The number of nitrogens with zero attached hydrogens (tertiary/aromatic N) is 4. The number of benzene rings is 1. The van der Waals surface area contributed by atoms with Gasteiger partial charge in [0.2, 0.25) is 5.60 Å². The summed E-state index contributed by atoms with van der Waals surface area (Å²) < 4.78 is 73.9. The summed E-state index contributed by atoms with van der Waals surface area (Å²) in [6, 6.07) is 5.30. The van der Waals surface area contributed by atoms with Crippen molar-refractivity contribution >= 4 is 17.7 Å². The van der Waals surface area contributed by atoms with Crippen LogP contribution in [0.25, 0.3) is 11.9 Å². The molecule has 1 aliphatic rings. The molecule has 0 saturated carbocycles. The van der Waals surface area contributed by atoms with Crippen LogP contribution in [0.5, 0.6) is 0 Å². The molecule has 162 valence electrons. The number of hydrogen-bond donors (Lipinski definition) is 1. The Kier molecular flexibility index (Phi) is 5.54. The van der Waals surface area contributed by atoms with Gasteiger partial charge in [-0.25, -0.2) is 18.7 Å². The van der Waals surface area contributed by atoms with Gasteiger partial charge < -0.3 is 10.5 Å². The lowest BCUT2D eigenvalue weighted by atomic mass is 9.88. The lowest BCUT2D eigenvalue weighted by molar-refractivity contribution is -0.249. The van der Waals surface area contributed by atoms with Gasteiger partial charge in [0, 0.05) is 5.56 Å². The number of nitrogens with two attached hydrogens (primary N) is 1. The van der Waals surface area contributed by atoms with Crippen LogP contribution in [-0.4, -0.2) is 34.2 Å². The number of alkyl halides is 3. The number of rotatable bonds is 3. The zero-order chi connectivity index (χ0) is 23.0. The molecule has 2 atom stereocenters. The first-order chi connectivity index (χ1) is 14.4. The topological polar surface area (TPSA) is 97.2 Å². The van der Waals surface area contributed by atoms with Crippen molar-refractivity contribution in [2.45, 2.75) is 31.2 Å². The summed E-state index contributed by atoms with van der Waals surface area (Å²) in [6.45, 7) is 1.51. The van der Waals surface area contributed by atoms with E-state index < -0.39 is 41.4 Å². The molecule has 0 amide bonds. The summed E-state index contributed by atoms with van der Waals surface area (Å²) in [5, 5.41) is 8.71. The second-order valence-electron chi connectivity index (χ2n) is 7.22. The van der Waals surface area contributed by atoms with E-state index in [0.717, 1.165) is 31.5 Å². The Morgan fingerprint density at radius 1 is 1.26 bits per heavy atom. The van der Waals surface area contributed by atoms with Crippen molar-refractivity contribution in [1.29, 1.82) is 5.26 Å². The summed E-state index contributed by atoms with van der Waals surface area (Å²) in [5.41, 5.74) is 1.13. The Balaban J connectivity index is 1.99. The molecule has 6 nitrogen and oxygen atoms in total. The average molecular weight is 437 g/mol. The van der Waals surface area contributed by atoms with Gasteiger partial charge in [0.1, 0.15) is 29.0 Å². The summed E-state index contributed by atoms with van der Waals surface area (Å²) in [6.07, 6.45) is -1.61. The van der Waals surface area contributed by atoms with Crippen molar-refractivity contribution in [2.24, 2.45) is 10.7 Å². The summed E-state index contributed by atoms with van der Waals surface area (Å²) in [4.78, 5) is 11.4. The highest BCUT2D eigenvalue weighted by Gasteiger charge is 2.59. The van der Waals surface area contributed by atoms with Crippen LogP contribution in [-0.2, 0) is 10.3 Å². The fourth-order valence-electron chi connectivity index (χ4n) is 2.90. The van der Waals surface area contributed by atoms with Crippen molar-refractivity contribution in [3.05, 3.63) is 58.9 Å². The third kappa shape index (κ3) is 4.11. The van der Waals surface area contributed by atoms with Crippen LogP contribution in [0.2, 0.25) is 0 Å². The number of amidine groups is 1. The molecule has 0 saturated heterocycles. The number of halogens is 5. The first-order valence-corrected chi connectivity index (χ1v) is 8.86. The number of nitriles is 1. The predicted octanol–water partition coefficient (Wildman–Crippen LogP) is 3.88. The molecule has 0 unspecified atom stereocenters. The minimum atomic E-state index is -4.81. The third-order valence-electron chi connectivity index (χ3n) is 4.91. The molecule has 0 spiro atoms. The normalized spacial score (nSPS) is 24.5. The zero-order valence-corrected chi connectivity index (χ0v) is 16.3. The van der Waals surface area contributed by atoms with Gasteiger partial charge >= 0.3 is 6.18 Å². The molecule has 11 heteroatoms. The van der Waals surface area contributed by atoms with E-state index in [0.29, 0.717) is 0 Å². The van der Waals surface area contributed by atoms with Crippen LogP contribution < -0.4 is 5.73 Å². The van der Waals surface area contributed by atoms with Crippen molar-refractivity contribution in [3.8, 4) is 6.07 Å². The molecular formula is C20H16F5N5O. The molecule has 0 radical (unpaired) electrons. The van der Waals surface area contributed by atoms with Crippen LogP contribution in [0.15, 0.2) is 35.6 Å². The quantitative estimate of drug-likeness (QED) is 0.735. The van der Waals surface area contributed by atoms with Crippen LogP contribution in [0.1, 0.15) is 36.4 Å². The molecule has 2 heterocycles. The Morgan fingerprint density at radius 3 is 2.52 bits per heavy atom. The maximum Gasteiger partial charge on any atom is 0.424 e. The Morgan fingerprint density at radius 2 is 1.97 bits per heavy atom. The SMILES string of the molecule is C[C@@]1(c2cc(/C=C(\F)c3cnc(C#N)cn3)ccc2F)CO[C@@](C)(C(F)(F)F)C(N)=N1. The molecule has 0 bridgehead atoms. The Bertz CT molecular complexity index is 1110. The fraction of sp³-hybridized carbons (Fsp3) is 0.300. The van der Waals surface area contributed by atoms with E-state index in [1.807, 2.05) is 0 Å². The molecule has 0 aliphatic carbocycles. The van der Waals surface area contributed by atoms with Gasteiger partial charge in [0.15, 0.2) is 11.5 Å². The highest BCUT2D eigenvalue weighted by molar-refractivity contribution is 5.90. The van der Waals surface area contributed by atoms with E-state index in [2.05, 4.69) is 15.0 Å². The summed E-state index contributed by atoms with van der Waals surface area (Å²) in [5.74, 6) is -2.42. The third-order valence-corrected chi connectivity index (χ3v) is 4.91. The summed E-state index contributed by atoms with van der Waals surface area (Å²) in [7, 11) is 0. The van der Waals surface area contributed by atoms with Gasteiger partial charge in [-0.15, -0.1) is 0 Å². The largest absolute Gasteiger partial charge is 0.424 e. The second kappa shape index (κ2) is 7.70. The average Bonchev–Trinajstić information content (AvgIpc) is 2.71. The Labute approximate surface area is 173 Å². The first kappa shape index (κ1) is 22.3. The number of hydrogen-bond acceptors (Lipinski definition) is 6. The second-order valence-corrected chi connectivity index (χ2v) is 7.22. The van der Waals surface area contributed by atoms with Crippen molar-refractivity contribution in [2.75, 3.05) is 6.61 Å². The monoisotopic (exact) mass is 437 g/mol. The van der Waals surface area contributed by atoms with Crippen LogP contribution in [0.3, 0.4) is 0 Å². The molecule has 1 aromatic heterocycles. The molecule has 2 N–H and O–H groups in total. The Hall–Kier alpha value is -3.39. The van der Waals surface area contributed by atoms with Crippen LogP contribution in [0, 0.1) is 17.1 Å². The lowest BCUT2D eigenvalue weighted by Crippen LogP contribution is -2.60. The van der Waals surface area contributed by atoms with Gasteiger partial charge in [0.05, 0.1) is 19.0 Å². The van der Waals surface area contributed by atoms with E-state index in [4.69, 9.17) is 15.7 Å². The van der Waals surface area contributed by atoms with Crippen LogP contribution >= 0.6 is 0 Å². The molecular weight excluding hydrogens is 421 g/mol. The van der Waals surface area contributed by atoms with Crippen molar-refractivity contribution in [3.63, 3.8) is 0 Å². The smallest absolute Gasteiger partial charge is 0.385 e. The van der Waals surface area contributed by atoms with Gasteiger partial charge in [-0.2, -0.15) is 18.4 Å². The molecule has 31 heavy (non-hydrogen) atoms.